The fourth-order valence-electron chi connectivity index (χ4n) is 1.27. The molecule has 0 saturated carbocycles. The van der Waals surface area contributed by atoms with Gasteiger partial charge in [0.15, 0.2) is 0 Å². The van der Waals surface area contributed by atoms with Crippen LogP contribution >= 0.6 is 0 Å². The molecule has 1 atom stereocenters. The summed E-state index contributed by atoms with van der Waals surface area (Å²) >= 11 is 0. The van der Waals surface area contributed by atoms with E-state index in [2.05, 4.69) is 9.91 Å². The summed E-state index contributed by atoms with van der Waals surface area (Å²) < 4.78 is 42.4. The summed E-state index contributed by atoms with van der Waals surface area (Å²) in [6.07, 6.45) is -4.51. The Balaban J connectivity index is 3.27. The van der Waals surface area contributed by atoms with E-state index in [4.69, 9.17) is 0 Å². The fraction of sp³-hybridized carbons (Fsp3) is 0.400. The van der Waals surface area contributed by atoms with Gasteiger partial charge in [-0.1, -0.05) is 11.2 Å². The van der Waals surface area contributed by atoms with Crippen molar-refractivity contribution in [1.29, 1.82) is 0 Å². The second-order valence-electron chi connectivity index (χ2n) is 3.24. The Hall–Kier alpha value is -1.59. The van der Waals surface area contributed by atoms with Crippen molar-refractivity contribution in [3.8, 4) is 5.75 Å². The van der Waals surface area contributed by atoms with Gasteiger partial charge in [-0.15, -0.1) is 0 Å². The third kappa shape index (κ3) is 2.50. The molecule has 0 bridgehead atoms. The second-order valence-corrected chi connectivity index (χ2v) is 3.24. The van der Waals surface area contributed by atoms with Gasteiger partial charge in [-0.3, -0.25) is 0 Å². The monoisotopic (exact) mass is 233 g/mol. The number of rotatable bonds is 3. The van der Waals surface area contributed by atoms with Gasteiger partial charge in [-0.05, 0) is 24.6 Å². The zero-order valence-electron chi connectivity index (χ0n) is 8.71. The molecule has 6 heteroatoms. The van der Waals surface area contributed by atoms with Gasteiger partial charge in [0.05, 0.1) is 12.7 Å². The highest BCUT2D eigenvalue weighted by molar-refractivity contribution is 5.40. The van der Waals surface area contributed by atoms with E-state index < -0.39 is 17.8 Å². The summed E-state index contributed by atoms with van der Waals surface area (Å²) in [6.45, 7) is 1.43. The molecule has 0 radical (unpaired) electrons. The predicted octanol–water partition coefficient (Wildman–Crippen LogP) is 3.54. The van der Waals surface area contributed by atoms with Crippen LogP contribution in [0.1, 0.15) is 24.1 Å². The minimum Gasteiger partial charge on any atom is -0.496 e. The molecule has 0 N–H and O–H groups in total. The summed E-state index contributed by atoms with van der Waals surface area (Å²) in [4.78, 5) is 10.3. The molecule has 1 aromatic carbocycles. The molecule has 0 heterocycles. The molecule has 1 rings (SSSR count). The molecule has 1 unspecified atom stereocenters. The highest BCUT2D eigenvalue weighted by Crippen LogP contribution is 2.37. The second kappa shape index (κ2) is 4.51. The van der Waals surface area contributed by atoms with Gasteiger partial charge < -0.3 is 4.74 Å². The van der Waals surface area contributed by atoms with Crippen LogP contribution in [0.4, 0.5) is 13.2 Å². The molecule has 0 aromatic heterocycles. The molecule has 88 valence electrons. The topological polar surface area (TPSA) is 38.7 Å². The van der Waals surface area contributed by atoms with Crippen LogP contribution in [0.15, 0.2) is 23.4 Å². The minimum atomic E-state index is -4.51. The molecule has 16 heavy (non-hydrogen) atoms. The normalized spacial score (nSPS) is 13.3. The van der Waals surface area contributed by atoms with Crippen LogP contribution in [-0.2, 0) is 6.18 Å². The lowest BCUT2D eigenvalue weighted by Crippen LogP contribution is -2.08. The largest absolute Gasteiger partial charge is 0.496 e. The Morgan fingerprint density at radius 3 is 2.44 bits per heavy atom. The van der Waals surface area contributed by atoms with Gasteiger partial charge in [0, 0.05) is 0 Å². The zero-order chi connectivity index (χ0) is 12.3. The number of benzene rings is 1. The number of halogens is 3. The minimum absolute atomic E-state index is 0.211. The summed E-state index contributed by atoms with van der Waals surface area (Å²) in [5.74, 6) is -0.269. The molecular formula is C10H10F3NO2. The van der Waals surface area contributed by atoms with E-state index in [0.717, 1.165) is 13.2 Å². The Labute approximate surface area is 90.2 Å². The van der Waals surface area contributed by atoms with Crippen LogP contribution in [0, 0.1) is 4.91 Å². The van der Waals surface area contributed by atoms with E-state index in [0.29, 0.717) is 0 Å². The average molecular weight is 233 g/mol. The van der Waals surface area contributed by atoms with Crippen molar-refractivity contribution >= 4 is 0 Å². The van der Waals surface area contributed by atoms with Gasteiger partial charge in [0.25, 0.3) is 0 Å². The van der Waals surface area contributed by atoms with Crippen molar-refractivity contribution in [3.05, 3.63) is 34.2 Å². The van der Waals surface area contributed by atoms with Crippen LogP contribution < -0.4 is 4.74 Å². The van der Waals surface area contributed by atoms with Gasteiger partial charge in [-0.25, -0.2) is 0 Å². The molecule has 1 aromatic rings. The molecule has 0 aliphatic rings. The number of nitroso groups, excluding NO2 is 1. The number of hydrogen-bond donors (Lipinski definition) is 0. The number of methoxy groups -OCH3 is 1. The Morgan fingerprint density at radius 2 is 2.00 bits per heavy atom. The van der Waals surface area contributed by atoms with Crippen LogP contribution in [0.2, 0.25) is 0 Å². The van der Waals surface area contributed by atoms with Gasteiger partial charge in [-0.2, -0.15) is 18.1 Å². The highest BCUT2D eigenvalue weighted by atomic mass is 19.4. The summed E-state index contributed by atoms with van der Waals surface area (Å²) in [5, 5.41) is 2.68. The molecule has 0 aliphatic carbocycles. The third-order valence-corrected chi connectivity index (χ3v) is 2.17. The molecule has 0 fully saturated rings. The van der Waals surface area contributed by atoms with Gasteiger partial charge in [0.1, 0.15) is 11.8 Å². The molecule has 0 amide bonds. The molecule has 3 nitrogen and oxygen atoms in total. The standard InChI is InChI=1S/C10H10F3NO2/c1-6(14-15)7-3-4-9(16-2)8(5-7)10(11,12)13/h3-6H,1-2H3. The maximum Gasteiger partial charge on any atom is 0.419 e. The lowest BCUT2D eigenvalue weighted by Gasteiger charge is -2.13. The van der Waals surface area contributed by atoms with Crippen LogP contribution in [0.3, 0.4) is 0 Å². The van der Waals surface area contributed by atoms with Crippen molar-refractivity contribution in [2.24, 2.45) is 5.18 Å². The highest BCUT2D eigenvalue weighted by Gasteiger charge is 2.34. The number of hydrogen-bond acceptors (Lipinski definition) is 3. The van der Waals surface area contributed by atoms with Crippen LogP contribution in [0.5, 0.6) is 5.75 Å². The number of alkyl halides is 3. The maximum atomic E-state index is 12.6. The van der Waals surface area contributed by atoms with E-state index in [1.807, 2.05) is 0 Å². The lowest BCUT2D eigenvalue weighted by atomic mass is 10.0. The van der Waals surface area contributed by atoms with Crippen LogP contribution in [0.25, 0.3) is 0 Å². The van der Waals surface area contributed by atoms with E-state index in [1.54, 1.807) is 0 Å². The Morgan fingerprint density at radius 1 is 1.38 bits per heavy atom. The molecular weight excluding hydrogens is 223 g/mol. The van der Waals surface area contributed by atoms with E-state index in [9.17, 15) is 18.1 Å². The van der Waals surface area contributed by atoms with Crippen molar-refractivity contribution < 1.29 is 17.9 Å². The lowest BCUT2D eigenvalue weighted by molar-refractivity contribution is -0.138. The summed E-state index contributed by atoms with van der Waals surface area (Å²) in [6, 6.07) is 2.64. The molecule has 0 aliphatic heterocycles. The van der Waals surface area contributed by atoms with Crippen molar-refractivity contribution in [2.45, 2.75) is 19.1 Å². The Kier molecular flexibility index (Phi) is 3.51. The maximum absolute atomic E-state index is 12.6. The first-order chi connectivity index (χ1) is 7.40. The number of ether oxygens (including phenoxy) is 1. The summed E-state index contributed by atoms with van der Waals surface area (Å²) in [5.41, 5.74) is -0.689. The van der Waals surface area contributed by atoms with Gasteiger partial charge >= 0.3 is 6.18 Å². The van der Waals surface area contributed by atoms with Gasteiger partial charge in [0.2, 0.25) is 0 Å². The van der Waals surface area contributed by atoms with E-state index in [1.165, 1.54) is 19.1 Å². The first-order valence-corrected chi connectivity index (χ1v) is 4.47. The smallest absolute Gasteiger partial charge is 0.419 e. The van der Waals surface area contributed by atoms with Crippen molar-refractivity contribution in [1.82, 2.24) is 0 Å². The van der Waals surface area contributed by atoms with Crippen molar-refractivity contribution in [3.63, 3.8) is 0 Å². The van der Waals surface area contributed by atoms with Crippen LogP contribution in [-0.4, -0.2) is 7.11 Å². The quantitative estimate of drug-likeness (QED) is 0.749. The first-order valence-electron chi connectivity index (χ1n) is 4.47. The summed E-state index contributed by atoms with van der Waals surface area (Å²) in [7, 11) is 1.16. The Bertz CT molecular complexity index is 390. The molecule has 0 spiro atoms. The number of nitrogens with zero attached hydrogens (tertiary/aromatic N) is 1. The van der Waals surface area contributed by atoms with E-state index in [-0.39, 0.29) is 11.3 Å². The predicted molar refractivity (Wildman–Crippen MR) is 52.2 cm³/mol. The first kappa shape index (κ1) is 12.5. The van der Waals surface area contributed by atoms with Crippen molar-refractivity contribution in [2.75, 3.05) is 7.11 Å². The third-order valence-electron chi connectivity index (χ3n) is 2.17. The van der Waals surface area contributed by atoms with E-state index >= 15 is 0 Å². The zero-order valence-corrected chi connectivity index (χ0v) is 8.71. The molecule has 0 saturated heterocycles. The SMILES string of the molecule is COc1ccc(C(C)N=O)cc1C(F)(F)F. The fourth-order valence-corrected chi connectivity index (χ4v) is 1.27. The average Bonchev–Trinajstić information content (AvgIpc) is 2.26.